The second-order valence-electron chi connectivity index (χ2n) is 6.11. The minimum absolute atomic E-state index is 0.0824. The average molecular weight is 309 g/mol. The van der Waals surface area contributed by atoms with Gasteiger partial charge in [-0.05, 0) is 42.0 Å². The SMILES string of the molecule is N#CC[C@@H]1CC[C@@H](OCc2ccccc2)[C@@H]1c1ccc(F)cc1. The van der Waals surface area contributed by atoms with Crippen LogP contribution in [0.1, 0.15) is 36.3 Å². The van der Waals surface area contributed by atoms with Crippen molar-refractivity contribution in [2.45, 2.75) is 37.9 Å². The van der Waals surface area contributed by atoms with Gasteiger partial charge in [0.05, 0.1) is 18.8 Å². The van der Waals surface area contributed by atoms with E-state index in [9.17, 15) is 4.39 Å². The van der Waals surface area contributed by atoms with Gasteiger partial charge in [0.1, 0.15) is 5.82 Å². The standard InChI is InChI=1S/C20H20FNO/c21-18-9-6-16(7-10-18)20-17(12-13-22)8-11-19(20)23-14-15-4-2-1-3-5-15/h1-7,9-10,17,19-20H,8,11-12,14H2/t17-,19+,20+/m0/s1. The van der Waals surface area contributed by atoms with Crippen LogP contribution in [0.15, 0.2) is 54.6 Å². The second-order valence-corrected chi connectivity index (χ2v) is 6.11. The number of nitriles is 1. The first-order chi connectivity index (χ1) is 11.3. The van der Waals surface area contributed by atoms with E-state index in [1.165, 1.54) is 12.1 Å². The molecular weight excluding hydrogens is 289 g/mol. The lowest BCUT2D eigenvalue weighted by atomic mass is 9.86. The Balaban J connectivity index is 1.75. The third-order valence-corrected chi connectivity index (χ3v) is 4.65. The summed E-state index contributed by atoms with van der Waals surface area (Å²) in [5.41, 5.74) is 2.22. The zero-order chi connectivity index (χ0) is 16.1. The molecule has 0 unspecified atom stereocenters. The lowest BCUT2D eigenvalue weighted by molar-refractivity contribution is 0.0301. The van der Waals surface area contributed by atoms with Crippen molar-refractivity contribution >= 4 is 0 Å². The van der Waals surface area contributed by atoms with Crippen molar-refractivity contribution in [2.24, 2.45) is 5.92 Å². The molecule has 2 aromatic carbocycles. The Morgan fingerprint density at radius 2 is 1.78 bits per heavy atom. The summed E-state index contributed by atoms with van der Waals surface area (Å²) in [5.74, 6) is 0.218. The summed E-state index contributed by atoms with van der Waals surface area (Å²) in [6.07, 6.45) is 2.53. The molecule has 2 aromatic rings. The molecule has 23 heavy (non-hydrogen) atoms. The van der Waals surface area contributed by atoms with Crippen molar-refractivity contribution in [2.75, 3.05) is 0 Å². The fraction of sp³-hybridized carbons (Fsp3) is 0.350. The Hall–Kier alpha value is -2.18. The van der Waals surface area contributed by atoms with E-state index in [1.54, 1.807) is 0 Å². The zero-order valence-corrected chi connectivity index (χ0v) is 13.0. The van der Waals surface area contributed by atoms with Gasteiger partial charge in [0.25, 0.3) is 0 Å². The van der Waals surface area contributed by atoms with Gasteiger partial charge in [0, 0.05) is 12.3 Å². The van der Waals surface area contributed by atoms with Gasteiger partial charge in [-0.1, -0.05) is 42.5 Å². The van der Waals surface area contributed by atoms with E-state index in [1.807, 2.05) is 30.3 Å². The fourth-order valence-corrected chi connectivity index (χ4v) is 3.52. The predicted octanol–water partition coefficient (Wildman–Crippen LogP) is 4.82. The van der Waals surface area contributed by atoms with Crippen LogP contribution in [-0.2, 0) is 11.3 Å². The van der Waals surface area contributed by atoms with Crippen molar-refractivity contribution in [3.63, 3.8) is 0 Å². The molecule has 2 nitrogen and oxygen atoms in total. The van der Waals surface area contributed by atoms with Gasteiger partial charge in [0.2, 0.25) is 0 Å². The maximum Gasteiger partial charge on any atom is 0.123 e. The van der Waals surface area contributed by atoms with E-state index in [2.05, 4.69) is 18.2 Å². The number of nitrogens with zero attached hydrogens (tertiary/aromatic N) is 1. The molecule has 0 heterocycles. The summed E-state index contributed by atoms with van der Waals surface area (Å²) in [6, 6.07) is 19.0. The van der Waals surface area contributed by atoms with Crippen LogP contribution in [0.4, 0.5) is 4.39 Å². The monoisotopic (exact) mass is 309 g/mol. The normalized spacial score (nSPS) is 23.6. The Bertz CT molecular complexity index is 662. The van der Waals surface area contributed by atoms with Crippen LogP contribution in [0.2, 0.25) is 0 Å². The number of benzene rings is 2. The van der Waals surface area contributed by atoms with Crippen molar-refractivity contribution in [1.29, 1.82) is 5.26 Å². The maximum atomic E-state index is 13.2. The molecule has 1 aliphatic carbocycles. The average Bonchev–Trinajstić information content (AvgIpc) is 2.98. The summed E-state index contributed by atoms with van der Waals surface area (Å²) < 4.78 is 19.4. The highest BCUT2D eigenvalue weighted by Crippen LogP contribution is 2.43. The summed E-state index contributed by atoms with van der Waals surface area (Å²) in [7, 11) is 0. The first kappa shape index (κ1) is 15.7. The van der Waals surface area contributed by atoms with E-state index in [0.717, 1.165) is 24.0 Å². The molecular formula is C20H20FNO. The first-order valence-electron chi connectivity index (χ1n) is 8.06. The highest BCUT2D eigenvalue weighted by Gasteiger charge is 2.37. The Morgan fingerprint density at radius 1 is 1.04 bits per heavy atom. The summed E-state index contributed by atoms with van der Waals surface area (Å²) >= 11 is 0. The van der Waals surface area contributed by atoms with Gasteiger partial charge in [-0.2, -0.15) is 5.26 Å². The predicted molar refractivity (Wildman–Crippen MR) is 87.1 cm³/mol. The second kappa shape index (κ2) is 7.39. The van der Waals surface area contributed by atoms with Gasteiger partial charge < -0.3 is 4.74 Å². The molecule has 3 heteroatoms. The van der Waals surface area contributed by atoms with Crippen LogP contribution >= 0.6 is 0 Å². The molecule has 0 N–H and O–H groups in total. The Labute approximate surface area is 136 Å². The summed E-state index contributed by atoms with van der Waals surface area (Å²) in [5, 5.41) is 9.08. The van der Waals surface area contributed by atoms with Crippen molar-refractivity contribution in [3.8, 4) is 6.07 Å². The minimum Gasteiger partial charge on any atom is -0.373 e. The maximum absolute atomic E-state index is 13.2. The van der Waals surface area contributed by atoms with Crippen LogP contribution in [0.3, 0.4) is 0 Å². The van der Waals surface area contributed by atoms with Gasteiger partial charge >= 0.3 is 0 Å². The van der Waals surface area contributed by atoms with Crippen molar-refractivity contribution < 1.29 is 9.13 Å². The summed E-state index contributed by atoms with van der Waals surface area (Å²) in [6.45, 7) is 0.572. The molecule has 1 fully saturated rings. The molecule has 1 saturated carbocycles. The molecule has 0 aromatic heterocycles. The quantitative estimate of drug-likeness (QED) is 0.793. The largest absolute Gasteiger partial charge is 0.373 e. The highest BCUT2D eigenvalue weighted by atomic mass is 19.1. The topological polar surface area (TPSA) is 33.0 Å². The van der Waals surface area contributed by atoms with E-state index in [0.29, 0.717) is 13.0 Å². The van der Waals surface area contributed by atoms with Crippen LogP contribution in [0.5, 0.6) is 0 Å². The molecule has 3 rings (SSSR count). The highest BCUT2D eigenvalue weighted by molar-refractivity contribution is 5.24. The van der Waals surface area contributed by atoms with Crippen LogP contribution < -0.4 is 0 Å². The van der Waals surface area contributed by atoms with Gasteiger partial charge in [-0.25, -0.2) is 4.39 Å². The van der Waals surface area contributed by atoms with Crippen molar-refractivity contribution in [1.82, 2.24) is 0 Å². The smallest absolute Gasteiger partial charge is 0.123 e. The molecule has 3 atom stereocenters. The lowest BCUT2D eigenvalue weighted by Gasteiger charge is -2.24. The summed E-state index contributed by atoms with van der Waals surface area (Å²) in [4.78, 5) is 0. The van der Waals surface area contributed by atoms with Gasteiger partial charge in [-0.15, -0.1) is 0 Å². The number of ether oxygens (including phenoxy) is 1. The molecule has 0 bridgehead atoms. The molecule has 118 valence electrons. The Morgan fingerprint density at radius 3 is 2.48 bits per heavy atom. The van der Waals surface area contributed by atoms with Crippen molar-refractivity contribution in [3.05, 3.63) is 71.5 Å². The lowest BCUT2D eigenvalue weighted by Crippen LogP contribution is -2.20. The van der Waals surface area contributed by atoms with Crippen LogP contribution in [0.25, 0.3) is 0 Å². The minimum atomic E-state index is -0.231. The van der Waals surface area contributed by atoms with Gasteiger partial charge in [-0.3, -0.25) is 0 Å². The number of halogens is 1. The van der Waals surface area contributed by atoms with Crippen LogP contribution in [-0.4, -0.2) is 6.10 Å². The molecule has 0 aliphatic heterocycles. The third-order valence-electron chi connectivity index (χ3n) is 4.65. The van der Waals surface area contributed by atoms with Crippen LogP contribution in [0, 0.1) is 23.1 Å². The first-order valence-corrected chi connectivity index (χ1v) is 8.06. The number of hydrogen-bond acceptors (Lipinski definition) is 2. The molecule has 1 aliphatic rings. The van der Waals surface area contributed by atoms with E-state index < -0.39 is 0 Å². The Kier molecular flexibility index (Phi) is 5.05. The molecule has 0 saturated heterocycles. The molecule has 0 radical (unpaired) electrons. The third kappa shape index (κ3) is 3.78. The van der Waals surface area contributed by atoms with E-state index in [4.69, 9.17) is 10.00 Å². The molecule has 0 amide bonds. The van der Waals surface area contributed by atoms with E-state index in [-0.39, 0.29) is 23.8 Å². The number of rotatable bonds is 5. The molecule has 0 spiro atoms. The zero-order valence-electron chi connectivity index (χ0n) is 13.0. The number of hydrogen-bond donors (Lipinski definition) is 0. The fourth-order valence-electron chi connectivity index (χ4n) is 3.52. The van der Waals surface area contributed by atoms with E-state index >= 15 is 0 Å². The van der Waals surface area contributed by atoms with Gasteiger partial charge in [0.15, 0.2) is 0 Å².